The third-order valence-corrected chi connectivity index (χ3v) is 8.19. The zero-order valence-corrected chi connectivity index (χ0v) is 23.7. The van der Waals surface area contributed by atoms with E-state index in [1.807, 2.05) is 79.7 Å². The summed E-state index contributed by atoms with van der Waals surface area (Å²) in [4.78, 5) is 12.2. The summed E-state index contributed by atoms with van der Waals surface area (Å²) < 4.78 is 35.1. The van der Waals surface area contributed by atoms with Gasteiger partial charge in [-0.3, -0.25) is 0 Å². The first kappa shape index (κ1) is 29.2. The highest BCUT2D eigenvalue weighted by atomic mass is 32.2. The van der Waals surface area contributed by atoms with Crippen LogP contribution in [-0.2, 0) is 21.2 Å². The van der Waals surface area contributed by atoms with Crippen LogP contribution in [0.5, 0.6) is 0 Å². The molecule has 0 aliphatic heterocycles. The van der Waals surface area contributed by atoms with Crippen molar-refractivity contribution in [1.82, 2.24) is 10.0 Å². The minimum atomic E-state index is -3.79. The molecule has 4 aromatic carbocycles. The highest BCUT2D eigenvalue weighted by Gasteiger charge is 2.29. The van der Waals surface area contributed by atoms with Crippen LogP contribution in [0.3, 0.4) is 0 Å². The molecule has 7 heteroatoms. The van der Waals surface area contributed by atoms with Gasteiger partial charge in [0.1, 0.15) is 0 Å². The molecule has 4 aromatic rings. The third-order valence-electron chi connectivity index (χ3n) is 6.74. The molecule has 0 aliphatic rings. The molecule has 2 atom stereocenters. The maximum Gasteiger partial charge on any atom is 0.338 e. The normalized spacial score (nSPS) is 12.9. The predicted molar refractivity (Wildman–Crippen MR) is 159 cm³/mol. The predicted octanol–water partition coefficient (Wildman–Crippen LogP) is 6.16. The molecule has 0 aliphatic carbocycles. The molecule has 0 heterocycles. The maximum atomic E-state index is 13.5. The number of benzene rings is 4. The lowest BCUT2D eigenvalue weighted by Gasteiger charge is -2.30. The molecule has 0 saturated carbocycles. The van der Waals surface area contributed by atoms with Crippen molar-refractivity contribution in [3.63, 3.8) is 0 Å². The van der Waals surface area contributed by atoms with Crippen LogP contribution in [0.1, 0.15) is 58.0 Å². The van der Waals surface area contributed by atoms with Crippen molar-refractivity contribution in [1.29, 1.82) is 0 Å². The van der Waals surface area contributed by atoms with Gasteiger partial charge in [-0.1, -0.05) is 90.5 Å². The van der Waals surface area contributed by atoms with E-state index in [1.165, 1.54) is 0 Å². The van der Waals surface area contributed by atoms with Gasteiger partial charge in [0.15, 0.2) is 0 Å². The van der Waals surface area contributed by atoms with E-state index in [0.717, 1.165) is 35.1 Å². The second-order valence-corrected chi connectivity index (χ2v) is 11.4. The highest BCUT2D eigenvalue weighted by molar-refractivity contribution is 7.89. The molecular weight excluding hydrogens is 520 g/mol. The Bertz CT molecular complexity index is 1460. The van der Waals surface area contributed by atoms with Gasteiger partial charge in [0, 0.05) is 0 Å². The molecule has 2 N–H and O–H groups in total. The summed E-state index contributed by atoms with van der Waals surface area (Å²) in [6.07, 6.45) is 1.64. The fraction of sp³-hybridized carbons (Fsp3) is 0.242. The molecule has 0 fully saturated rings. The SMILES string of the molecule is CCOC(=O)c1ccc(CCCN[C@H](c2ccccc2)[C@H](NS(=O)(=O)c2ccc(C)cc2)c2ccccc2)cc1. The first-order chi connectivity index (χ1) is 19.4. The topological polar surface area (TPSA) is 84.5 Å². The van der Waals surface area contributed by atoms with Gasteiger partial charge in [0.05, 0.1) is 29.1 Å². The Labute approximate surface area is 237 Å². The van der Waals surface area contributed by atoms with Crippen LogP contribution in [0.2, 0.25) is 0 Å². The number of ether oxygens (including phenoxy) is 1. The summed E-state index contributed by atoms with van der Waals surface area (Å²) in [6, 6.07) is 33.1. The van der Waals surface area contributed by atoms with Crippen LogP contribution >= 0.6 is 0 Å². The second kappa shape index (κ2) is 14.0. The standard InChI is InChI=1S/C33H36N2O4S/c1-3-39-33(36)29-20-18-26(19-21-29)11-10-24-34-31(27-12-6-4-7-13-27)32(28-14-8-5-9-15-28)35-40(37,38)30-22-16-25(2)17-23-30/h4-9,12-23,31-32,34-35H,3,10-11,24H2,1-2H3/t31-,32-/m1/s1. The summed E-state index contributed by atoms with van der Waals surface area (Å²) >= 11 is 0. The van der Waals surface area contributed by atoms with Crippen molar-refractivity contribution in [3.8, 4) is 0 Å². The van der Waals surface area contributed by atoms with Crippen LogP contribution in [0, 0.1) is 6.92 Å². The molecule has 0 unspecified atom stereocenters. The Balaban J connectivity index is 1.53. The summed E-state index contributed by atoms with van der Waals surface area (Å²) in [5.74, 6) is -0.318. The lowest BCUT2D eigenvalue weighted by atomic mass is 9.94. The summed E-state index contributed by atoms with van der Waals surface area (Å²) in [7, 11) is -3.79. The summed E-state index contributed by atoms with van der Waals surface area (Å²) in [6.45, 7) is 4.73. The first-order valence-corrected chi connectivity index (χ1v) is 15.0. The van der Waals surface area contributed by atoms with Gasteiger partial charge in [-0.15, -0.1) is 0 Å². The Morgan fingerprint density at radius 1 is 0.775 bits per heavy atom. The first-order valence-electron chi connectivity index (χ1n) is 13.6. The van der Waals surface area contributed by atoms with E-state index in [2.05, 4.69) is 10.0 Å². The number of rotatable bonds is 13. The molecule has 4 rings (SSSR count). The van der Waals surface area contributed by atoms with Gasteiger partial charge >= 0.3 is 5.97 Å². The van der Waals surface area contributed by atoms with E-state index in [9.17, 15) is 13.2 Å². The molecular formula is C33H36N2O4S. The molecule has 0 aromatic heterocycles. The lowest BCUT2D eigenvalue weighted by molar-refractivity contribution is 0.0526. The Morgan fingerprint density at radius 3 is 1.93 bits per heavy atom. The zero-order valence-electron chi connectivity index (χ0n) is 22.9. The third kappa shape index (κ3) is 7.88. The number of carbonyl (C=O) groups excluding carboxylic acids is 1. The van der Waals surface area contributed by atoms with Gasteiger partial charge < -0.3 is 10.1 Å². The number of aryl methyl sites for hydroxylation is 2. The molecule has 6 nitrogen and oxygen atoms in total. The number of esters is 1. The number of hydrogen-bond acceptors (Lipinski definition) is 5. The van der Waals surface area contributed by atoms with Crippen LogP contribution < -0.4 is 10.0 Å². The van der Waals surface area contributed by atoms with Crippen molar-refractivity contribution < 1.29 is 17.9 Å². The van der Waals surface area contributed by atoms with Gasteiger partial charge in [-0.2, -0.15) is 0 Å². The van der Waals surface area contributed by atoms with E-state index in [-0.39, 0.29) is 16.9 Å². The number of hydrogen-bond donors (Lipinski definition) is 2. The fourth-order valence-electron chi connectivity index (χ4n) is 4.60. The van der Waals surface area contributed by atoms with E-state index in [1.54, 1.807) is 43.3 Å². The highest BCUT2D eigenvalue weighted by Crippen LogP contribution is 2.31. The van der Waals surface area contributed by atoms with E-state index in [4.69, 9.17) is 4.74 Å². The quantitative estimate of drug-likeness (QED) is 0.152. The van der Waals surface area contributed by atoms with Crippen molar-refractivity contribution in [2.24, 2.45) is 0 Å². The Kier molecular flexibility index (Phi) is 10.2. The smallest absolute Gasteiger partial charge is 0.338 e. The Morgan fingerprint density at radius 2 is 1.35 bits per heavy atom. The second-order valence-electron chi connectivity index (χ2n) is 9.69. The number of nitrogens with one attached hydrogen (secondary N) is 2. The molecule has 208 valence electrons. The Hall–Kier alpha value is -3.78. The van der Waals surface area contributed by atoms with E-state index >= 15 is 0 Å². The minimum absolute atomic E-state index is 0.233. The average molecular weight is 557 g/mol. The summed E-state index contributed by atoms with van der Waals surface area (Å²) in [5.41, 5.74) is 4.51. The fourth-order valence-corrected chi connectivity index (χ4v) is 5.84. The van der Waals surface area contributed by atoms with Crippen molar-refractivity contribution in [2.75, 3.05) is 13.2 Å². The van der Waals surface area contributed by atoms with Gasteiger partial charge in [0.2, 0.25) is 10.0 Å². The molecule has 0 amide bonds. The van der Waals surface area contributed by atoms with Crippen molar-refractivity contribution >= 4 is 16.0 Å². The molecule has 0 saturated heterocycles. The van der Waals surface area contributed by atoms with Crippen LogP contribution in [0.25, 0.3) is 0 Å². The largest absolute Gasteiger partial charge is 0.462 e. The van der Waals surface area contributed by atoms with E-state index in [0.29, 0.717) is 18.7 Å². The molecule has 0 bridgehead atoms. The summed E-state index contributed by atoms with van der Waals surface area (Å²) in [5, 5.41) is 3.63. The zero-order chi connectivity index (χ0) is 28.4. The molecule has 0 radical (unpaired) electrons. The van der Waals surface area contributed by atoms with Crippen LogP contribution in [0.4, 0.5) is 0 Å². The van der Waals surface area contributed by atoms with Crippen molar-refractivity contribution in [3.05, 3.63) is 137 Å². The maximum absolute atomic E-state index is 13.5. The van der Waals surface area contributed by atoms with Crippen LogP contribution in [-0.4, -0.2) is 27.5 Å². The van der Waals surface area contributed by atoms with Crippen molar-refractivity contribution in [2.45, 2.75) is 43.7 Å². The number of carbonyl (C=O) groups is 1. The molecule has 40 heavy (non-hydrogen) atoms. The van der Waals surface area contributed by atoms with Gasteiger partial charge in [-0.25, -0.2) is 17.9 Å². The van der Waals surface area contributed by atoms with E-state index < -0.39 is 16.1 Å². The van der Waals surface area contributed by atoms with Crippen LogP contribution in [0.15, 0.2) is 114 Å². The number of sulfonamides is 1. The minimum Gasteiger partial charge on any atom is -0.462 e. The van der Waals surface area contributed by atoms with Gasteiger partial charge in [-0.05, 0) is 74.2 Å². The molecule has 0 spiro atoms. The van der Waals surface area contributed by atoms with Gasteiger partial charge in [0.25, 0.3) is 0 Å². The monoisotopic (exact) mass is 556 g/mol. The lowest BCUT2D eigenvalue weighted by Crippen LogP contribution is -2.39. The average Bonchev–Trinajstić information content (AvgIpc) is 2.98.